The highest BCUT2D eigenvalue weighted by molar-refractivity contribution is 6.30. The predicted octanol–water partition coefficient (Wildman–Crippen LogP) is 5.86. The molecule has 147 valence electrons. The number of ether oxygens (including phenoxy) is 2. The molecule has 6 heteroatoms. The highest BCUT2D eigenvalue weighted by Gasteiger charge is 2.34. The molecule has 2 atom stereocenters. The standard InChI is InChI=1S/C23H19Cl2N2O2/c1-28-18-11-12-19(20(13-18)29-2)23-26-21(14-3-7-16(24)8-4-14)22(27-23)15-5-9-17(25)10-6-15/h3-13,21-22H,1-2H3. The Morgan fingerprint density at radius 2 is 1.31 bits per heavy atom. The summed E-state index contributed by atoms with van der Waals surface area (Å²) in [6, 6.07) is 20.7. The van der Waals surface area contributed by atoms with Crippen LogP contribution in [0.25, 0.3) is 0 Å². The average molecular weight is 426 g/mol. The maximum atomic E-state index is 6.08. The molecule has 1 aliphatic rings. The third-order valence-corrected chi connectivity index (χ3v) is 5.40. The van der Waals surface area contributed by atoms with E-state index in [1.165, 1.54) is 0 Å². The molecular formula is C23H19Cl2N2O2. The second-order valence-corrected chi connectivity index (χ2v) is 7.51. The van der Waals surface area contributed by atoms with Crippen molar-refractivity contribution in [1.82, 2.24) is 5.32 Å². The van der Waals surface area contributed by atoms with Gasteiger partial charge in [0.25, 0.3) is 0 Å². The molecule has 4 nitrogen and oxygen atoms in total. The third-order valence-electron chi connectivity index (χ3n) is 4.89. The number of halogens is 2. The number of nitrogens with zero attached hydrogens (tertiary/aromatic N) is 2. The minimum Gasteiger partial charge on any atom is -0.497 e. The van der Waals surface area contributed by atoms with Crippen LogP contribution in [-0.4, -0.2) is 20.1 Å². The molecule has 29 heavy (non-hydrogen) atoms. The minimum absolute atomic E-state index is 0.171. The maximum Gasteiger partial charge on any atom is 0.155 e. The van der Waals surface area contributed by atoms with Crippen molar-refractivity contribution in [3.63, 3.8) is 0 Å². The lowest BCUT2D eigenvalue weighted by Crippen LogP contribution is -2.18. The van der Waals surface area contributed by atoms with Crippen LogP contribution in [0, 0.1) is 0 Å². The quantitative estimate of drug-likeness (QED) is 0.513. The molecule has 0 fully saturated rings. The van der Waals surface area contributed by atoms with Gasteiger partial charge in [-0.25, -0.2) is 0 Å². The number of amidine groups is 1. The van der Waals surface area contributed by atoms with Gasteiger partial charge in [-0.3, -0.25) is 10.3 Å². The van der Waals surface area contributed by atoms with Crippen molar-refractivity contribution in [3.8, 4) is 11.5 Å². The number of hydrogen-bond acceptors (Lipinski definition) is 3. The van der Waals surface area contributed by atoms with Gasteiger partial charge in [-0.05, 0) is 47.5 Å². The van der Waals surface area contributed by atoms with E-state index in [9.17, 15) is 0 Å². The highest BCUT2D eigenvalue weighted by atomic mass is 35.5. The lowest BCUT2D eigenvalue weighted by atomic mass is 9.95. The Bertz CT molecular complexity index is 1030. The van der Waals surface area contributed by atoms with Gasteiger partial charge < -0.3 is 9.47 Å². The summed E-state index contributed by atoms with van der Waals surface area (Å²) < 4.78 is 10.9. The summed E-state index contributed by atoms with van der Waals surface area (Å²) in [7, 11) is 3.25. The molecule has 0 saturated heterocycles. The summed E-state index contributed by atoms with van der Waals surface area (Å²) in [5, 5.41) is 6.33. The SMILES string of the molecule is COc1ccc(C2=NC(c3ccc(Cl)cc3)C(c3ccc(Cl)cc3)[N]2)c(OC)c1. The van der Waals surface area contributed by atoms with Crippen LogP contribution in [0.2, 0.25) is 10.0 Å². The van der Waals surface area contributed by atoms with Crippen LogP contribution in [0.1, 0.15) is 28.8 Å². The zero-order chi connectivity index (χ0) is 20.4. The van der Waals surface area contributed by atoms with Crippen molar-refractivity contribution in [1.29, 1.82) is 0 Å². The summed E-state index contributed by atoms with van der Waals surface area (Å²) in [5.41, 5.74) is 2.91. The lowest BCUT2D eigenvalue weighted by molar-refractivity contribution is 0.393. The maximum absolute atomic E-state index is 6.08. The van der Waals surface area contributed by atoms with E-state index in [-0.39, 0.29) is 12.1 Å². The molecule has 1 aliphatic heterocycles. The Balaban J connectivity index is 1.77. The van der Waals surface area contributed by atoms with Crippen molar-refractivity contribution in [2.75, 3.05) is 14.2 Å². The first-order valence-electron chi connectivity index (χ1n) is 9.11. The second kappa shape index (κ2) is 8.36. The molecule has 2 unspecified atom stereocenters. The summed E-state index contributed by atoms with van der Waals surface area (Å²) in [6.07, 6.45) is 0. The molecule has 4 rings (SSSR count). The largest absolute Gasteiger partial charge is 0.497 e. The van der Waals surface area contributed by atoms with Crippen molar-refractivity contribution in [3.05, 3.63) is 93.5 Å². The number of aliphatic imine (C=N–C) groups is 1. The Hall–Kier alpha value is -2.69. The Morgan fingerprint density at radius 1 is 0.724 bits per heavy atom. The van der Waals surface area contributed by atoms with E-state index in [0.29, 0.717) is 27.4 Å². The van der Waals surface area contributed by atoms with E-state index in [4.69, 9.17) is 43.0 Å². The first-order chi connectivity index (χ1) is 14.1. The van der Waals surface area contributed by atoms with E-state index >= 15 is 0 Å². The van der Waals surface area contributed by atoms with Crippen molar-refractivity contribution in [2.24, 2.45) is 4.99 Å². The van der Waals surface area contributed by atoms with Gasteiger partial charge in [-0.1, -0.05) is 47.5 Å². The van der Waals surface area contributed by atoms with Gasteiger partial charge in [-0.15, -0.1) is 0 Å². The van der Waals surface area contributed by atoms with Crippen LogP contribution in [0.3, 0.4) is 0 Å². The smallest absolute Gasteiger partial charge is 0.155 e. The number of methoxy groups -OCH3 is 2. The summed E-state index contributed by atoms with van der Waals surface area (Å²) >= 11 is 12.2. The van der Waals surface area contributed by atoms with Crippen molar-refractivity contribution in [2.45, 2.75) is 12.1 Å². The van der Waals surface area contributed by atoms with Crippen LogP contribution in [0.5, 0.6) is 11.5 Å². The highest BCUT2D eigenvalue weighted by Crippen LogP contribution is 2.40. The van der Waals surface area contributed by atoms with Crippen molar-refractivity contribution < 1.29 is 9.47 Å². The van der Waals surface area contributed by atoms with Gasteiger partial charge >= 0.3 is 0 Å². The van der Waals surface area contributed by atoms with Crippen LogP contribution < -0.4 is 14.8 Å². The number of hydrogen-bond donors (Lipinski definition) is 0. The Labute approximate surface area is 180 Å². The van der Waals surface area contributed by atoms with E-state index in [2.05, 4.69) is 0 Å². The third kappa shape index (κ3) is 4.04. The zero-order valence-electron chi connectivity index (χ0n) is 16.0. The van der Waals surface area contributed by atoms with Gasteiger partial charge in [0.15, 0.2) is 5.84 Å². The summed E-state index contributed by atoms with van der Waals surface area (Å²) in [5.74, 6) is 2.02. The molecule has 1 radical (unpaired) electrons. The van der Waals surface area contributed by atoms with Gasteiger partial charge in [0.05, 0.1) is 19.8 Å². The van der Waals surface area contributed by atoms with Crippen LogP contribution in [0.15, 0.2) is 71.7 Å². The predicted molar refractivity (Wildman–Crippen MR) is 117 cm³/mol. The fourth-order valence-corrected chi connectivity index (χ4v) is 3.65. The molecule has 1 heterocycles. The van der Waals surface area contributed by atoms with Crippen molar-refractivity contribution >= 4 is 29.0 Å². The molecule has 3 aromatic rings. The first kappa shape index (κ1) is 19.6. The fourth-order valence-electron chi connectivity index (χ4n) is 3.39. The molecule has 0 aromatic heterocycles. The number of rotatable bonds is 5. The monoisotopic (exact) mass is 425 g/mol. The fraction of sp³-hybridized carbons (Fsp3) is 0.174. The molecule has 0 spiro atoms. The first-order valence-corrected chi connectivity index (χ1v) is 9.86. The van der Waals surface area contributed by atoms with Gasteiger partial charge in [0.2, 0.25) is 0 Å². The Morgan fingerprint density at radius 3 is 1.86 bits per heavy atom. The molecule has 3 aromatic carbocycles. The zero-order valence-corrected chi connectivity index (χ0v) is 17.5. The van der Waals surface area contributed by atoms with Crippen LogP contribution >= 0.6 is 23.2 Å². The van der Waals surface area contributed by atoms with Gasteiger partial charge in [0, 0.05) is 16.1 Å². The van der Waals surface area contributed by atoms with Gasteiger partial charge in [-0.2, -0.15) is 0 Å². The molecule has 0 saturated carbocycles. The normalized spacial score (nSPS) is 18.1. The van der Waals surface area contributed by atoms with E-state index in [0.717, 1.165) is 16.7 Å². The Kier molecular flexibility index (Phi) is 5.65. The topological polar surface area (TPSA) is 44.9 Å². The van der Waals surface area contributed by atoms with Gasteiger partial charge in [0.1, 0.15) is 23.6 Å². The number of benzene rings is 3. The van der Waals surface area contributed by atoms with Crippen LogP contribution in [-0.2, 0) is 0 Å². The van der Waals surface area contributed by atoms with Crippen LogP contribution in [0.4, 0.5) is 0 Å². The summed E-state index contributed by atoms with van der Waals surface area (Å²) in [4.78, 5) is 4.96. The van der Waals surface area contributed by atoms with E-state index in [1.807, 2.05) is 66.7 Å². The minimum atomic E-state index is -0.171. The summed E-state index contributed by atoms with van der Waals surface area (Å²) in [6.45, 7) is 0. The lowest BCUT2D eigenvalue weighted by Gasteiger charge is -2.18. The molecule has 0 N–H and O–H groups in total. The van der Waals surface area contributed by atoms with E-state index < -0.39 is 0 Å². The molecule has 0 bridgehead atoms. The average Bonchev–Trinajstić information content (AvgIpc) is 3.19. The molecular weight excluding hydrogens is 407 g/mol. The molecule has 0 amide bonds. The second-order valence-electron chi connectivity index (χ2n) is 6.64. The molecule has 0 aliphatic carbocycles. The van der Waals surface area contributed by atoms with E-state index in [1.54, 1.807) is 14.2 Å².